The highest BCUT2D eigenvalue weighted by atomic mass is 16.4. The van der Waals surface area contributed by atoms with Gasteiger partial charge in [0.1, 0.15) is 5.54 Å². The van der Waals surface area contributed by atoms with Crippen LogP contribution in [-0.4, -0.2) is 27.6 Å². The fourth-order valence-corrected chi connectivity index (χ4v) is 2.13. The molecule has 21 heavy (non-hydrogen) atoms. The van der Waals surface area contributed by atoms with E-state index < -0.39 is 17.5 Å². The molecule has 1 atom stereocenters. The predicted molar refractivity (Wildman–Crippen MR) is 79.9 cm³/mol. The van der Waals surface area contributed by atoms with Gasteiger partial charge < -0.3 is 15.7 Å². The van der Waals surface area contributed by atoms with E-state index >= 15 is 0 Å². The van der Waals surface area contributed by atoms with E-state index in [9.17, 15) is 14.7 Å². The van der Waals surface area contributed by atoms with Crippen LogP contribution in [0.2, 0.25) is 0 Å². The number of carbonyl (C=O) groups is 2. The fraction of sp³-hybridized carbons (Fsp3) is 0.533. The monoisotopic (exact) mass is 293 g/mol. The lowest BCUT2D eigenvalue weighted by molar-refractivity contribution is -0.144. The fourth-order valence-electron chi connectivity index (χ4n) is 2.13. The molecule has 1 aromatic heterocycles. The van der Waals surface area contributed by atoms with Crippen molar-refractivity contribution < 1.29 is 14.7 Å². The van der Waals surface area contributed by atoms with Crippen molar-refractivity contribution in [3.63, 3.8) is 0 Å². The second-order valence-corrected chi connectivity index (χ2v) is 5.16. The molecule has 1 aromatic rings. The van der Waals surface area contributed by atoms with E-state index in [1.54, 1.807) is 6.20 Å². The second kappa shape index (κ2) is 7.61. The highest BCUT2D eigenvalue weighted by Gasteiger charge is 2.33. The molecule has 0 saturated carbocycles. The number of amides is 2. The first-order valence-corrected chi connectivity index (χ1v) is 7.15. The van der Waals surface area contributed by atoms with Crippen LogP contribution < -0.4 is 10.6 Å². The molecule has 2 amide bonds. The highest BCUT2D eigenvalue weighted by molar-refractivity contribution is 5.85. The maximum Gasteiger partial charge on any atom is 0.329 e. The van der Waals surface area contributed by atoms with Gasteiger partial charge in [0, 0.05) is 6.20 Å². The molecular weight excluding hydrogens is 270 g/mol. The Morgan fingerprint density at radius 2 is 2.10 bits per heavy atom. The molecule has 1 heterocycles. The number of urea groups is 1. The van der Waals surface area contributed by atoms with Crippen LogP contribution >= 0.6 is 0 Å². The molecule has 0 aliphatic rings. The Morgan fingerprint density at radius 1 is 1.38 bits per heavy atom. The minimum absolute atomic E-state index is 0.275. The molecule has 0 aliphatic heterocycles. The molecule has 3 N–H and O–H groups in total. The van der Waals surface area contributed by atoms with Crippen LogP contribution in [0.3, 0.4) is 0 Å². The summed E-state index contributed by atoms with van der Waals surface area (Å²) in [6.07, 6.45) is 3.55. The second-order valence-electron chi connectivity index (χ2n) is 5.16. The number of nitrogens with one attached hydrogen (secondary N) is 2. The summed E-state index contributed by atoms with van der Waals surface area (Å²) in [4.78, 5) is 27.4. The van der Waals surface area contributed by atoms with E-state index in [1.807, 2.05) is 26.0 Å². The summed E-state index contributed by atoms with van der Waals surface area (Å²) in [5.74, 6) is -1.04. The summed E-state index contributed by atoms with van der Waals surface area (Å²) in [6, 6.07) is 3.31. The number of carboxylic acid groups (broad SMARTS) is 1. The van der Waals surface area contributed by atoms with E-state index in [1.165, 1.54) is 6.92 Å². The Balaban J connectivity index is 2.63. The molecule has 6 heteroatoms. The molecule has 0 radical (unpaired) electrons. The van der Waals surface area contributed by atoms with Gasteiger partial charge in [-0.2, -0.15) is 0 Å². The number of carboxylic acids is 1. The van der Waals surface area contributed by atoms with Gasteiger partial charge in [-0.25, -0.2) is 9.59 Å². The van der Waals surface area contributed by atoms with Gasteiger partial charge in [0.15, 0.2) is 0 Å². The van der Waals surface area contributed by atoms with E-state index in [0.717, 1.165) is 17.7 Å². The molecule has 6 nitrogen and oxygen atoms in total. The van der Waals surface area contributed by atoms with Gasteiger partial charge in [0.2, 0.25) is 0 Å². The van der Waals surface area contributed by atoms with Gasteiger partial charge in [0.25, 0.3) is 0 Å². The molecule has 116 valence electrons. The number of hydrogen-bond donors (Lipinski definition) is 3. The molecule has 1 rings (SSSR count). The zero-order valence-corrected chi connectivity index (χ0v) is 12.8. The minimum atomic E-state index is -1.25. The SMILES string of the molecule is CCCC(C)(NC(=O)NCc1ncccc1CC)C(=O)O. The largest absolute Gasteiger partial charge is 0.480 e. The number of pyridine rings is 1. The van der Waals surface area contributed by atoms with Crippen molar-refractivity contribution in [1.82, 2.24) is 15.6 Å². The Kier molecular flexibility index (Phi) is 6.14. The number of aromatic nitrogens is 1. The van der Waals surface area contributed by atoms with Crippen molar-refractivity contribution in [2.24, 2.45) is 0 Å². The lowest BCUT2D eigenvalue weighted by Crippen LogP contribution is -2.55. The van der Waals surface area contributed by atoms with Crippen LogP contribution in [0.25, 0.3) is 0 Å². The van der Waals surface area contributed by atoms with Gasteiger partial charge in [-0.15, -0.1) is 0 Å². The Morgan fingerprint density at radius 3 is 2.67 bits per heavy atom. The number of carbonyl (C=O) groups excluding carboxylic acids is 1. The van der Waals surface area contributed by atoms with Gasteiger partial charge in [-0.1, -0.05) is 26.3 Å². The summed E-state index contributed by atoms with van der Waals surface area (Å²) in [6.45, 7) is 5.68. The smallest absolute Gasteiger partial charge is 0.329 e. The molecule has 0 bridgehead atoms. The maximum absolute atomic E-state index is 11.9. The predicted octanol–water partition coefficient (Wildman–Crippen LogP) is 2.09. The average Bonchev–Trinajstić information content (AvgIpc) is 2.45. The van der Waals surface area contributed by atoms with Gasteiger partial charge in [-0.05, 0) is 31.4 Å². The first-order valence-electron chi connectivity index (χ1n) is 7.15. The molecule has 0 aliphatic carbocycles. The van der Waals surface area contributed by atoms with Crippen LogP contribution in [0.5, 0.6) is 0 Å². The molecule has 1 unspecified atom stereocenters. The summed E-state index contributed by atoms with van der Waals surface area (Å²) in [5, 5.41) is 14.4. The van der Waals surface area contributed by atoms with Crippen LogP contribution in [0.1, 0.15) is 44.9 Å². The lowest BCUT2D eigenvalue weighted by atomic mass is 9.97. The molecule has 0 saturated heterocycles. The van der Waals surface area contributed by atoms with Gasteiger partial charge in [-0.3, -0.25) is 4.98 Å². The lowest BCUT2D eigenvalue weighted by Gasteiger charge is -2.25. The van der Waals surface area contributed by atoms with Crippen LogP contribution in [0.4, 0.5) is 4.79 Å². The van der Waals surface area contributed by atoms with E-state index in [0.29, 0.717) is 12.8 Å². The van der Waals surface area contributed by atoms with Crippen LogP contribution in [0, 0.1) is 0 Å². The summed E-state index contributed by atoms with van der Waals surface area (Å²) >= 11 is 0. The Bertz CT molecular complexity index is 505. The summed E-state index contributed by atoms with van der Waals surface area (Å²) < 4.78 is 0. The first kappa shape index (κ1) is 16.9. The van der Waals surface area contributed by atoms with Crippen molar-refractivity contribution in [2.45, 2.75) is 52.1 Å². The van der Waals surface area contributed by atoms with Crippen molar-refractivity contribution in [3.8, 4) is 0 Å². The van der Waals surface area contributed by atoms with Crippen molar-refractivity contribution >= 4 is 12.0 Å². The minimum Gasteiger partial charge on any atom is -0.480 e. The zero-order valence-electron chi connectivity index (χ0n) is 12.8. The Labute approximate surface area is 125 Å². The topological polar surface area (TPSA) is 91.3 Å². The number of nitrogens with zero attached hydrogens (tertiary/aromatic N) is 1. The van der Waals surface area contributed by atoms with Gasteiger partial charge in [0.05, 0.1) is 12.2 Å². The molecule has 0 fully saturated rings. The first-order chi connectivity index (χ1) is 9.92. The van der Waals surface area contributed by atoms with E-state index in [2.05, 4.69) is 15.6 Å². The van der Waals surface area contributed by atoms with Crippen molar-refractivity contribution in [1.29, 1.82) is 0 Å². The van der Waals surface area contributed by atoms with Crippen LogP contribution in [-0.2, 0) is 17.8 Å². The maximum atomic E-state index is 11.9. The van der Waals surface area contributed by atoms with Crippen molar-refractivity contribution in [3.05, 3.63) is 29.6 Å². The number of rotatable bonds is 7. The van der Waals surface area contributed by atoms with E-state index in [-0.39, 0.29) is 6.54 Å². The van der Waals surface area contributed by atoms with Crippen molar-refractivity contribution in [2.75, 3.05) is 0 Å². The number of hydrogen-bond acceptors (Lipinski definition) is 3. The molecule has 0 aromatic carbocycles. The summed E-state index contributed by atoms with van der Waals surface area (Å²) in [7, 11) is 0. The number of aryl methyl sites for hydroxylation is 1. The van der Waals surface area contributed by atoms with E-state index in [4.69, 9.17) is 0 Å². The van der Waals surface area contributed by atoms with Gasteiger partial charge >= 0.3 is 12.0 Å². The highest BCUT2D eigenvalue weighted by Crippen LogP contribution is 2.12. The quantitative estimate of drug-likeness (QED) is 0.718. The zero-order chi connectivity index (χ0) is 15.9. The standard InChI is InChI=1S/C15H23N3O3/c1-4-8-15(3,13(19)20)18-14(21)17-10-12-11(5-2)7-6-9-16-12/h6-7,9H,4-5,8,10H2,1-3H3,(H,19,20)(H2,17,18,21). The molecular formula is C15H23N3O3. The third-order valence-corrected chi connectivity index (χ3v) is 3.39. The third-order valence-electron chi connectivity index (χ3n) is 3.39. The molecule has 0 spiro atoms. The Hall–Kier alpha value is -2.11. The number of aliphatic carboxylic acids is 1. The third kappa shape index (κ3) is 4.73. The summed E-state index contributed by atoms with van der Waals surface area (Å²) in [5.41, 5.74) is 0.603. The normalized spacial score (nSPS) is 13.3. The van der Waals surface area contributed by atoms with Crippen LogP contribution in [0.15, 0.2) is 18.3 Å². The average molecular weight is 293 g/mol.